The highest BCUT2D eigenvalue weighted by molar-refractivity contribution is 6.33. The molecule has 1 heterocycles. The van der Waals surface area contributed by atoms with Crippen molar-refractivity contribution in [2.45, 2.75) is 6.92 Å². The maximum Gasteiger partial charge on any atom is 0.255 e. The first kappa shape index (κ1) is 16.8. The van der Waals surface area contributed by atoms with Crippen LogP contribution in [-0.4, -0.2) is 39.1 Å². The van der Waals surface area contributed by atoms with Crippen molar-refractivity contribution in [3.05, 3.63) is 58.6 Å². The van der Waals surface area contributed by atoms with Crippen molar-refractivity contribution in [3.8, 4) is 0 Å². The largest absolute Gasteiger partial charge is 0.359 e. The molecule has 1 saturated heterocycles. The Morgan fingerprint density at radius 2 is 1.88 bits per heavy atom. The predicted octanol–water partition coefficient (Wildman–Crippen LogP) is 2.24. The molecule has 0 aliphatic carbocycles. The van der Waals surface area contributed by atoms with E-state index in [2.05, 4.69) is 17.3 Å². The first-order valence-electron chi connectivity index (χ1n) is 8.27. The number of carbonyl (C=O) groups excluding carboxylic acids is 1. The van der Waals surface area contributed by atoms with E-state index in [-0.39, 0.29) is 5.91 Å². The van der Waals surface area contributed by atoms with Crippen LogP contribution < -0.4 is 15.1 Å². The van der Waals surface area contributed by atoms with Crippen molar-refractivity contribution >= 4 is 28.9 Å². The van der Waals surface area contributed by atoms with E-state index in [9.17, 15) is 4.79 Å². The molecule has 0 saturated carbocycles. The Labute approximate surface area is 148 Å². The number of benzene rings is 2. The normalized spacial score (nSPS) is 15.4. The Balaban J connectivity index is 1.73. The summed E-state index contributed by atoms with van der Waals surface area (Å²) in [5.74, 6) is -0.111. The van der Waals surface area contributed by atoms with Crippen LogP contribution in [0.5, 0.6) is 0 Å². The summed E-state index contributed by atoms with van der Waals surface area (Å²) in [5.41, 5.74) is 3.40. The summed E-state index contributed by atoms with van der Waals surface area (Å²) in [6.07, 6.45) is 0. The second-order valence-electron chi connectivity index (χ2n) is 6.38. The molecule has 0 bridgehead atoms. The molecule has 0 radical (unpaired) electrons. The van der Waals surface area contributed by atoms with Crippen LogP contribution in [0.25, 0.3) is 0 Å². The molecular weight excluding hydrogens is 322 g/mol. The average molecular weight is 345 g/mol. The van der Waals surface area contributed by atoms with Gasteiger partial charge in [0.1, 0.15) is 0 Å². The van der Waals surface area contributed by atoms with Gasteiger partial charge in [0.25, 0.3) is 5.91 Å². The maximum atomic E-state index is 12.4. The molecule has 0 spiro atoms. The summed E-state index contributed by atoms with van der Waals surface area (Å²) in [6, 6.07) is 13.3. The van der Waals surface area contributed by atoms with Crippen LogP contribution >= 0.6 is 11.6 Å². The molecule has 5 heteroatoms. The fourth-order valence-electron chi connectivity index (χ4n) is 3.00. The maximum absolute atomic E-state index is 12.4. The second-order valence-corrected chi connectivity index (χ2v) is 6.79. The van der Waals surface area contributed by atoms with Crippen LogP contribution in [0.2, 0.25) is 5.02 Å². The molecule has 2 aromatic carbocycles. The minimum absolute atomic E-state index is 0.111. The zero-order valence-corrected chi connectivity index (χ0v) is 14.9. The molecule has 1 fully saturated rings. The third-order valence-electron chi connectivity index (χ3n) is 4.55. The molecule has 24 heavy (non-hydrogen) atoms. The number of halogens is 1. The number of nitrogens with one attached hydrogen (secondary N) is 2. The Kier molecular flexibility index (Phi) is 5.07. The first-order chi connectivity index (χ1) is 11.5. The lowest BCUT2D eigenvalue weighted by molar-refractivity contribution is -0.880. The van der Waals surface area contributed by atoms with Gasteiger partial charge in [0, 0.05) is 11.3 Å². The van der Waals surface area contributed by atoms with E-state index in [1.807, 2.05) is 49.4 Å². The van der Waals surface area contributed by atoms with Crippen LogP contribution in [0, 0.1) is 6.92 Å². The van der Waals surface area contributed by atoms with Crippen LogP contribution in [0.4, 0.5) is 11.4 Å². The highest BCUT2D eigenvalue weighted by atomic mass is 35.5. The number of rotatable bonds is 3. The highest BCUT2D eigenvalue weighted by Gasteiger charge is 2.19. The van der Waals surface area contributed by atoms with Crippen LogP contribution in [-0.2, 0) is 0 Å². The van der Waals surface area contributed by atoms with E-state index in [0.29, 0.717) is 10.6 Å². The summed E-state index contributed by atoms with van der Waals surface area (Å²) in [4.78, 5) is 16.3. The molecular formula is C19H23ClN3O+. The van der Waals surface area contributed by atoms with Crippen LogP contribution in [0.15, 0.2) is 42.5 Å². The number of anilines is 2. The Morgan fingerprint density at radius 3 is 2.54 bits per heavy atom. The standard InChI is InChI=1S/C19H22ClN3O/c1-14-5-3-4-6-16(14)19(24)21-15-7-8-18(17(20)13-15)23-11-9-22(2)10-12-23/h3-8,13H,9-12H2,1-2H3,(H,21,24)/p+1. The van der Waals surface area contributed by atoms with Gasteiger partial charge in [-0.25, -0.2) is 0 Å². The Morgan fingerprint density at radius 1 is 1.17 bits per heavy atom. The first-order valence-corrected chi connectivity index (χ1v) is 8.65. The number of nitrogens with zero attached hydrogens (tertiary/aromatic N) is 1. The molecule has 126 valence electrons. The quantitative estimate of drug-likeness (QED) is 0.896. The van der Waals surface area contributed by atoms with Crippen molar-refractivity contribution in [1.82, 2.24) is 0 Å². The van der Waals surface area contributed by atoms with Crippen molar-refractivity contribution < 1.29 is 9.69 Å². The zero-order valence-electron chi connectivity index (χ0n) is 14.1. The van der Waals surface area contributed by atoms with Gasteiger partial charge in [0.2, 0.25) is 0 Å². The van der Waals surface area contributed by atoms with Gasteiger partial charge in [-0.05, 0) is 36.8 Å². The number of likely N-dealkylation sites (N-methyl/N-ethyl adjacent to an activating group) is 1. The third kappa shape index (κ3) is 3.71. The topological polar surface area (TPSA) is 36.8 Å². The lowest BCUT2D eigenvalue weighted by atomic mass is 10.1. The lowest BCUT2D eigenvalue weighted by Crippen LogP contribution is -3.12. The van der Waals surface area contributed by atoms with E-state index in [0.717, 1.165) is 43.1 Å². The predicted molar refractivity (Wildman–Crippen MR) is 99.4 cm³/mol. The molecule has 0 unspecified atom stereocenters. The summed E-state index contributed by atoms with van der Waals surface area (Å²) < 4.78 is 0. The van der Waals surface area contributed by atoms with E-state index < -0.39 is 0 Å². The third-order valence-corrected chi connectivity index (χ3v) is 4.86. The number of amides is 1. The van der Waals surface area contributed by atoms with Gasteiger partial charge in [-0.15, -0.1) is 0 Å². The van der Waals surface area contributed by atoms with Crippen molar-refractivity contribution in [2.75, 3.05) is 43.4 Å². The van der Waals surface area contributed by atoms with Crippen molar-refractivity contribution in [3.63, 3.8) is 0 Å². The van der Waals surface area contributed by atoms with Gasteiger partial charge in [0.05, 0.1) is 43.9 Å². The number of piperazine rings is 1. The molecule has 0 atom stereocenters. The van der Waals surface area contributed by atoms with Gasteiger partial charge in [-0.1, -0.05) is 29.8 Å². The van der Waals surface area contributed by atoms with Crippen LogP contribution in [0.1, 0.15) is 15.9 Å². The second kappa shape index (κ2) is 7.24. The molecule has 4 nitrogen and oxygen atoms in total. The van der Waals surface area contributed by atoms with Gasteiger partial charge >= 0.3 is 0 Å². The fraction of sp³-hybridized carbons (Fsp3) is 0.316. The van der Waals surface area contributed by atoms with Crippen molar-refractivity contribution in [2.24, 2.45) is 0 Å². The van der Waals surface area contributed by atoms with E-state index in [1.165, 1.54) is 0 Å². The summed E-state index contributed by atoms with van der Waals surface area (Å²) in [7, 11) is 2.21. The number of hydrogen-bond acceptors (Lipinski definition) is 2. The number of carbonyl (C=O) groups is 1. The molecule has 1 aliphatic rings. The molecule has 1 amide bonds. The molecule has 2 aromatic rings. The summed E-state index contributed by atoms with van der Waals surface area (Å²) in [6.45, 7) is 6.16. The van der Waals surface area contributed by atoms with E-state index in [1.54, 1.807) is 4.90 Å². The monoisotopic (exact) mass is 344 g/mol. The van der Waals surface area contributed by atoms with Gasteiger partial charge in [-0.3, -0.25) is 4.79 Å². The number of aryl methyl sites for hydroxylation is 1. The molecule has 0 aromatic heterocycles. The van der Waals surface area contributed by atoms with Crippen LogP contribution in [0.3, 0.4) is 0 Å². The van der Waals surface area contributed by atoms with Gasteiger partial charge in [-0.2, -0.15) is 0 Å². The number of hydrogen-bond donors (Lipinski definition) is 2. The molecule has 1 aliphatic heterocycles. The lowest BCUT2D eigenvalue weighted by Gasteiger charge is -2.32. The molecule has 3 rings (SSSR count). The zero-order chi connectivity index (χ0) is 17.1. The van der Waals surface area contributed by atoms with E-state index >= 15 is 0 Å². The summed E-state index contributed by atoms with van der Waals surface area (Å²) in [5, 5.41) is 3.61. The fourth-order valence-corrected chi connectivity index (χ4v) is 3.30. The summed E-state index contributed by atoms with van der Waals surface area (Å²) >= 11 is 6.46. The molecule has 2 N–H and O–H groups in total. The smallest absolute Gasteiger partial charge is 0.255 e. The number of quaternary nitrogens is 1. The highest BCUT2D eigenvalue weighted by Crippen LogP contribution is 2.29. The van der Waals surface area contributed by atoms with Crippen molar-refractivity contribution in [1.29, 1.82) is 0 Å². The van der Waals surface area contributed by atoms with Gasteiger partial charge < -0.3 is 15.1 Å². The van der Waals surface area contributed by atoms with Gasteiger partial charge in [0.15, 0.2) is 0 Å². The Hall–Kier alpha value is -2.04. The van der Waals surface area contributed by atoms with E-state index in [4.69, 9.17) is 11.6 Å². The minimum Gasteiger partial charge on any atom is -0.359 e. The average Bonchev–Trinajstić information content (AvgIpc) is 2.56. The Bertz CT molecular complexity index is 739. The SMILES string of the molecule is Cc1ccccc1C(=O)Nc1ccc(N2CC[NH+](C)CC2)c(Cl)c1. The minimum atomic E-state index is -0.111.